The van der Waals surface area contributed by atoms with E-state index in [2.05, 4.69) is 35.9 Å². The second kappa shape index (κ2) is 9.09. The van der Waals surface area contributed by atoms with Crippen molar-refractivity contribution in [3.05, 3.63) is 0 Å². The maximum Gasteiger partial charge on any atom is 0.0829 e. The standard InChI is InChI=1S/C17H35N3O/c1-4-19-9-10-21-17(13-19)14-20-7-5-16(6-8-20)12-18-11-15(2)3/h15-18H,4-14H2,1-3H3. The predicted octanol–water partition coefficient (Wildman–Crippen LogP) is 1.66. The lowest BCUT2D eigenvalue weighted by atomic mass is 9.96. The van der Waals surface area contributed by atoms with E-state index in [9.17, 15) is 0 Å². The maximum atomic E-state index is 5.94. The monoisotopic (exact) mass is 297 g/mol. The second-order valence-electron chi connectivity index (χ2n) is 7.18. The van der Waals surface area contributed by atoms with Crippen LogP contribution in [0, 0.1) is 11.8 Å². The fraction of sp³-hybridized carbons (Fsp3) is 1.00. The molecule has 0 spiro atoms. The Morgan fingerprint density at radius 1 is 1.14 bits per heavy atom. The van der Waals surface area contributed by atoms with Crippen LogP contribution in [-0.2, 0) is 4.74 Å². The van der Waals surface area contributed by atoms with Gasteiger partial charge >= 0.3 is 0 Å². The van der Waals surface area contributed by atoms with Crippen molar-refractivity contribution in [2.75, 3.05) is 59.0 Å². The molecule has 0 amide bonds. The Bertz CT molecular complexity index is 277. The summed E-state index contributed by atoms with van der Waals surface area (Å²) in [5.41, 5.74) is 0. The molecule has 0 aromatic heterocycles. The first kappa shape index (κ1) is 17.2. The van der Waals surface area contributed by atoms with Crippen molar-refractivity contribution in [1.29, 1.82) is 0 Å². The first-order valence-electron chi connectivity index (χ1n) is 8.94. The first-order valence-corrected chi connectivity index (χ1v) is 8.94. The van der Waals surface area contributed by atoms with Gasteiger partial charge in [0, 0.05) is 19.6 Å². The van der Waals surface area contributed by atoms with Crippen LogP contribution in [0.5, 0.6) is 0 Å². The largest absolute Gasteiger partial charge is 0.374 e. The fourth-order valence-corrected chi connectivity index (χ4v) is 3.42. The van der Waals surface area contributed by atoms with E-state index in [1.165, 1.54) is 32.5 Å². The van der Waals surface area contributed by atoms with Crippen LogP contribution < -0.4 is 5.32 Å². The van der Waals surface area contributed by atoms with Crippen molar-refractivity contribution in [3.8, 4) is 0 Å². The third-order valence-electron chi connectivity index (χ3n) is 4.82. The smallest absolute Gasteiger partial charge is 0.0829 e. The number of nitrogens with zero attached hydrogens (tertiary/aromatic N) is 2. The minimum atomic E-state index is 0.425. The third kappa shape index (κ3) is 6.23. The number of piperidine rings is 1. The van der Waals surface area contributed by atoms with E-state index < -0.39 is 0 Å². The lowest BCUT2D eigenvalue weighted by molar-refractivity contribution is -0.0452. The molecule has 21 heavy (non-hydrogen) atoms. The van der Waals surface area contributed by atoms with E-state index in [0.29, 0.717) is 6.10 Å². The Morgan fingerprint density at radius 2 is 1.90 bits per heavy atom. The molecule has 4 nitrogen and oxygen atoms in total. The first-order chi connectivity index (χ1) is 10.2. The van der Waals surface area contributed by atoms with Gasteiger partial charge in [-0.2, -0.15) is 0 Å². The molecule has 2 aliphatic heterocycles. The highest BCUT2D eigenvalue weighted by atomic mass is 16.5. The molecule has 124 valence electrons. The van der Waals surface area contributed by atoms with E-state index in [1.807, 2.05) is 0 Å². The van der Waals surface area contributed by atoms with Gasteiger partial charge < -0.3 is 15.0 Å². The number of hydrogen-bond acceptors (Lipinski definition) is 4. The van der Waals surface area contributed by atoms with Gasteiger partial charge in [0.25, 0.3) is 0 Å². The molecule has 0 aromatic carbocycles. The van der Waals surface area contributed by atoms with E-state index in [1.54, 1.807) is 0 Å². The third-order valence-corrected chi connectivity index (χ3v) is 4.82. The molecule has 1 N–H and O–H groups in total. The summed E-state index contributed by atoms with van der Waals surface area (Å²) in [4.78, 5) is 5.12. The number of ether oxygens (including phenoxy) is 1. The predicted molar refractivity (Wildman–Crippen MR) is 88.7 cm³/mol. The van der Waals surface area contributed by atoms with Crippen molar-refractivity contribution in [2.24, 2.45) is 11.8 Å². The summed E-state index contributed by atoms with van der Waals surface area (Å²) in [6.45, 7) is 17.1. The summed E-state index contributed by atoms with van der Waals surface area (Å²) >= 11 is 0. The molecule has 0 radical (unpaired) electrons. The number of morpholine rings is 1. The molecule has 2 saturated heterocycles. The van der Waals surface area contributed by atoms with Crippen LogP contribution in [0.3, 0.4) is 0 Å². The summed E-state index contributed by atoms with van der Waals surface area (Å²) in [6, 6.07) is 0. The van der Waals surface area contributed by atoms with Gasteiger partial charge in [0.05, 0.1) is 12.7 Å². The average molecular weight is 297 g/mol. The van der Waals surface area contributed by atoms with Crippen LogP contribution in [-0.4, -0.2) is 74.9 Å². The Hall–Kier alpha value is -0.160. The zero-order valence-electron chi connectivity index (χ0n) is 14.3. The molecule has 0 aliphatic carbocycles. The van der Waals surface area contributed by atoms with Crippen molar-refractivity contribution in [1.82, 2.24) is 15.1 Å². The molecule has 4 heteroatoms. The van der Waals surface area contributed by atoms with Gasteiger partial charge in [-0.15, -0.1) is 0 Å². The number of likely N-dealkylation sites (tertiary alicyclic amines) is 1. The molecule has 0 saturated carbocycles. The van der Waals surface area contributed by atoms with Gasteiger partial charge in [-0.05, 0) is 57.4 Å². The molecule has 2 fully saturated rings. The number of rotatable bonds is 7. The quantitative estimate of drug-likeness (QED) is 0.773. The molecule has 1 atom stereocenters. The summed E-state index contributed by atoms with van der Waals surface area (Å²) in [7, 11) is 0. The van der Waals surface area contributed by atoms with Crippen LogP contribution in [0.15, 0.2) is 0 Å². The van der Waals surface area contributed by atoms with Crippen molar-refractivity contribution >= 4 is 0 Å². The van der Waals surface area contributed by atoms with Gasteiger partial charge in [0.2, 0.25) is 0 Å². The Morgan fingerprint density at radius 3 is 2.57 bits per heavy atom. The molecule has 2 rings (SSSR count). The van der Waals surface area contributed by atoms with Crippen LogP contribution >= 0.6 is 0 Å². The van der Waals surface area contributed by atoms with E-state index in [-0.39, 0.29) is 0 Å². The van der Waals surface area contributed by atoms with Crippen molar-refractivity contribution < 1.29 is 4.74 Å². The van der Waals surface area contributed by atoms with E-state index in [4.69, 9.17) is 4.74 Å². The highest BCUT2D eigenvalue weighted by Crippen LogP contribution is 2.18. The summed E-state index contributed by atoms with van der Waals surface area (Å²) in [6.07, 6.45) is 3.11. The summed E-state index contributed by atoms with van der Waals surface area (Å²) in [5.74, 6) is 1.63. The summed E-state index contributed by atoms with van der Waals surface area (Å²) in [5, 5.41) is 3.61. The van der Waals surface area contributed by atoms with Gasteiger partial charge in [-0.25, -0.2) is 0 Å². The lowest BCUT2D eigenvalue weighted by Gasteiger charge is -2.38. The van der Waals surface area contributed by atoms with Gasteiger partial charge in [0.15, 0.2) is 0 Å². The fourth-order valence-electron chi connectivity index (χ4n) is 3.42. The highest BCUT2D eigenvalue weighted by Gasteiger charge is 2.25. The molecule has 0 bridgehead atoms. The SMILES string of the molecule is CCN1CCOC(CN2CCC(CNCC(C)C)CC2)C1. The van der Waals surface area contributed by atoms with Crippen LogP contribution in [0.2, 0.25) is 0 Å². The highest BCUT2D eigenvalue weighted by molar-refractivity contribution is 4.79. The number of likely N-dealkylation sites (N-methyl/N-ethyl adjacent to an activating group) is 1. The minimum Gasteiger partial charge on any atom is -0.374 e. The van der Waals surface area contributed by atoms with Crippen LogP contribution in [0.1, 0.15) is 33.6 Å². The molecule has 2 heterocycles. The molecule has 1 unspecified atom stereocenters. The number of nitrogens with one attached hydrogen (secondary N) is 1. The molecule has 2 aliphatic rings. The van der Waals surface area contributed by atoms with Crippen molar-refractivity contribution in [2.45, 2.75) is 39.7 Å². The van der Waals surface area contributed by atoms with Crippen LogP contribution in [0.4, 0.5) is 0 Å². The zero-order chi connectivity index (χ0) is 15.1. The topological polar surface area (TPSA) is 27.7 Å². The van der Waals surface area contributed by atoms with Gasteiger partial charge in [-0.1, -0.05) is 20.8 Å². The molecular weight excluding hydrogens is 262 g/mol. The molecular formula is C17H35N3O. The lowest BCUT2D eigenvalue weighted by Crippen LogP contribution is -2.49. The normalized spacial score (nSPS) is 26.6. The van der Waals surface area contributed by atoms with E-state index >= 15 is 0 Å². The number of hydrogen-bond donors (Lipinski definition) is 1. The Labute approximate surface area is 131 Å². The van der Waals surface area contributed by atoms with Crippen molar-refractivity contribution in [3.63, 3.8) is 0 Å². The van der Waals surface area contributed by atoms with E-state index in [0.717, 1.165) is 51.2 Å². The van der Waals surface area contributed by atoms with Crippen LogP contribution in [0.25, 0.3) is 0 Å². The summed E-state index contributed by atoms with van der Waals surface area (Å²) < 4.78 is 5.94. The maximum absolute atomic E-state index is 5.94. The second-order valence-corrected chi connectivity index (χ2v) is 7.18. The van der Waals surface area contributed by atoms with Gasteiger partial charge in [0.1, 0.15) is 0 Å². The zero-order valence-corrected chi connectivity index (χ0v) is 14.3. The Balaban J connectivity index is 1.60. The minimum absolute atomic E-state index is 0.425. The average Bonchev–Trinajstić information content (AvgIpc) is 2.49. The molecule has 0 aromatic rings. The Kier molecular flexibility index (Phi) is 7.44. The van der Waals surface area contributed by atoms with Gasteiger partial charge in [-0.3, -0.25) is 4.90 Å².